The number of hydrogen-bond donors (Lipinski definition) is 2. The zero-order valence-electron chi connectivity index (χ0n) is 15.7. The van der Waals surface area contributed by atoms with Crippen LogP contribution in [0.3, 0.4) is 0 Å². The predicted molar refractivity (Wildman–Crippen MR) is 110 cm³/mol. The number of likely N-dealkylation sites (N-methyl/N-ethyl adjacent to an activating group) is 1. The zero-order chi connectivity index (χ0) is 19.9. The molecule has 0 radical (unpaired) electrons. The molecule has 0 aliphatic heterocycles. The van der Waals surface area contributed by atoms with Gasteiger partial charge in [0.05, 0.1) is 10.7 Å². The van der Waals surface area contributed by atoms with E-state index < -0.39 is 0 Å². The predicted octanol–water partition coefficient (Wildman–Crippen LogP) is 3.42. The number of nitrogens with one attached hydrogen (secondary N) is 2. The summed E-state index contributed by atoms with van der Waals surface area (Å²) >= 11 is 1.40. The maximum Gasteiger partial charge on any atom is 0.267 e. The van der Waals surface area contributed by atoms with Crippen molar-refractivity contribution in [2.24, 2.45) is 0 Å². The lowest BCUT2D eigenvalue weighted by Gasteiger charge is -2.08. The van der Waals surface area contributed by atoms with Crippen molar-refractivity contribution in [2.75, 3.05) is 19.0 Å². The minimum Gasteiger partial charge on any atom is -0.484 e. The van der Waals surface area contributed by atoms with Crippen molar-refractivity contribution in [1.82, 2.24) is 10.3 Å². The van der Waals surface area contributed by atoms with Crippen LogP contribution in [0.1, 0.15) is 25.9 Å². The number of thiazole rings is 1. The van der Waals surface area contributed by atoms with Gasteiger partial charge in [-0.05, 0) is 24.6 Å². The van der Waals surface area contributed by atoms with E-state index in [1.807, 2.05) is 37.3 Å². The van der Waals surface area contributed by atoms with Crippen LogP contribution in [-0.2, 0) is 11.2 Å². The Labute approximate surface area is 167 Å². The number of carbonyl (C=O) groups is 2. The average molecular weight is 395 g/mol. The maximum absolute atomic E-state index is 12.7. The number of carbonyl (C=O) groups excluding carboxylic acids is 2. The van der Waals surface area contributed by atoms with Crippen LogP contribution in [-0.4, -0.2) is 30.5 Å². The molecule has 7 heteroatoms. The van der Waals surface area contributed by atoms with Crippen LogP contribution >= 0.6 is 11.3 Å². The fourth-order valence-corrected chi connectivity index (χ4v) is 3.58. The van der Waals surface area contributed by atoms with E-state index in [4.69, 9.17) is 4.74 Å². The Hall–Kier alpha value is -3.19. The molecule has 2 amide bonds. The summed E-state index contributed by atoms with van der Waals surface area (Å²) in [4.78, 5) is 29.1. The summed E-state index contributed by atoms with van der Waals surface area (Å²) in [5.74, 6) is 0.0747. The van der Waals surface area contributed by atoms with Crippen molar-refractivity contribution in [3.05, 3.63) is 75.7 Å². The first-order chi connectivity index (χ1) is 13.5. The zero-order valence-corrected chi connectivity index (χ0v) is 16.5. The minimum absolute atomic E-state index is 0.0787. The molecule has 0 atom stereocenters. The smallest absolute Gasteiger partial charge is 0.267 e. The van der Waals surface area contributed by atoms with Gasteiger partial charge < -0.3 is 15.4 Å². The van der Waals surface area contributed by atoms with Gasteiger partial charge in [0.1, 0.15) is 10.6 Å². The second kappa shape index (κ2) is 9.14. The number of anilines is 1. The molecule has 3 rings (SSSR count). The molecule has 28 heavy (non-hydrogen) atoms. The Morgan fingerprint density at radius 2 is 1.89 bits per heavy atom. The summed E-state index contributed by atoms with van der Waals surface area (Å²) in [6, 6.07) is 17.0. The molecule has 0 spiro atoms. The van der Waals surface area contributed by atoms with Crippen LogP contribution in [0.5, 0.6) is 5.75 Å². The van der Waals surface area contributed by atoms with Gasteiger partial charge in [-0.2, -0.15) is 0 Å². The number of hydrogen-bond acceptors (Lipinski definition) is 5. The first-order valence-corrected chi connectivity index (χ1v) is 9.62. The van der Waals surface area contributed by atoms with Crippen LogP contribution in [0.25, 0.3) is 0 Å². The lowest BCUT2D eigenvalue weighted by atomic mass is 10.2. The van der Waals surface area contributed by atoms with E-state index in [9.17, 15) is 9.59 Å². The lowest BCUT2D eigenvalue weighted by molar-refractivity contribution is -0.122. The van der Waals surface area contributed by atoms with E-state index >= 15 is 0 Å². The number of rotatable bonds is 7. The van der Waals surface area contributed by atoms with E-state index in [2.05, 4.69) is 15.6 Å². The molecule has 0 unspecified atom stereocenters. The van der Waals surface area contributed by atoms with Crippen molar-refractivity contribution < 1.29 is 14.3 Å². The van der Waals surface area contributed by atoms with E-state index in [0.29, 0.717) is 28.4 Å². The van der Waals surface area contributed by atoms with E-state index in [-0.39, 0.29) is 18.4 Å². The van der Waals surface area contributed by atoms with Crippen LogP contribution in [0.4, 0.5) is 5.69 Å². The van der Waals surface area contributed by atoms with Gasteiger partial charge in [-0.1, -0.05) is 36.4 Å². The Morgan fingerprint density at radius 3 is 2.64 bits per heavy atom. The molecule has 0 aliphatic carbocycles. The van der Waals surface area contributed by atoms with E-state index in [0.717, 1.165) is 10.6 Å². The molecule has 0 saturated carbocycles. The molecule has 1 heterocycles. The van der Waals surface area contributed by atoms with Gasteiger partial charge in [0.15, 0.2) is 6.61 Å². The Bertz CT molecular complexity index is 970. The Balaban J connectivity index is 1.67. The second-order valence-electron chi connectivity index (χ2n) is 6.13. The van der Waals surface area contributed by atoms with Gasteiger partial charge in [0.2, 0.25) is 0 Å². The molecular weight excluding hydrogens is 374 g/mol. The van der Waals surface area contributed by atoms with Crippen molar-refractivity contribution >= 4 is 28.8 Å². The number of aryl methyl sites for hydroxylation is 1. The molecule has 6 nitrogen and oxygen atoms in total. The molecule has 144 valence electrons. The first kappa shape index (κ1) is 19.6. The fourth-order valence-electron chi connectivity index (χ4n) is 2.58. The highest BCUT2D eigenvalue weighted by atomic mass is 32.1. The second-order valence-corrected chi connectivity index (χ2v) is 7.21. The highest BCUT2D eigenvalue weighted by molar-refractivity contribution is 7.14. The normalized spacial score (nSPS) is 10.4. The molecule has 1 aromatic heterocycles. The minimum atomic E-state index is -0.222. The fraction of sp³-hybridized carbons (Fsp3) is 0.190. The summed E-state index contributed by atoms with van der Waals surface area (Å²) in [6.07, 6.45) is 0.697. The third-order valence-corrected chi connectivity index (χ3v) is 5.14. The third-order valence-electron chi connectivity index (χ3n) is 3.99. The molecule has 2 N–H and O–H groups in total. The summed E-state index contributed by atoms with van der Waals surface area (Å²) < 4.78 is 5.41. The number of amides is 2. The molecule has 0 saturated heterocycles. The van der Waals surface area contributed by atoms with Crippen LogP contribution in [0, 0.1) is 6.92 Å². The number of aromatic nitrogens is 1. The summed E-state index contributed by atoms with van der Waals surface area (Å²) in [5, 5.41) is 6.26. The summed E-state index contributed by atoms with van der Waals surface area (Å²) in [5.41, 5.74) is 2.46. The Kier molecular flexibility index (Phi) is 6.39. The quantitative estimate of drug-likeness (QED) is 0.642. The summed E-state index contributed by atoms with van der Waals surface area (Å²) in [7, 11) is 1.55. The summed E-state index contributed by atoms with van der Waals surface area (Å²) in [6.45, 7) is 1.76. The van der Waals surface area contributed by atoms with Crippen LogP contribution < -0.4 is 15.4 Å². The average Bonchev–Trinajstić information content (AvgIpc) is 3.07. The van der Waals surface area contributed by atoms with Crippen molar-refractivity contribution in [3.8, 4) is 5.75 Å². The molecule has 0 aliphatic rings. The first-order valence-electron chi connectivity index (χ1n) is 8.80. The van der Waals surface area contributed by atoms with Gasteiger partial charge in [0.25, 0.3) is 11.8 Å². The van der Waals surface area contributed by atoms with Gasteiger partial charge in [-0.15, -0.1) is 11.3 Å². The number of nitrogens with zero attached hydrogens (tertiary/aromatic N) is 1. The third kappa shape index (κ3) is 5.17. The Morgan fingerprint density at radius 1 is 1.11 bits per heavy atom. The van der Waals surface area contributed by atoms with Gasteiger partial charge in [-0.25, -0.2) is 4.98 Å². The van der Waals surface area contributed by atoms with Crippen molar-refractivity contribution in [1.29, 1.82) is 0 Å². The van der Waals surface area contributed by atoms with E-state index in [1.165, 1.54) is 11.3 Å². The highest BCUT2D eigenvalue weighted by Crippen LogP contribution is 2.23. The maximum atomic E-state index is 12.7. The molecular formula is C21H21N3O3S. The van der Waals surface area contributed by atoms with Gasteiger partial charge in [-0.3, -0.25) is 9.59 Å². The highest BCUT2D eigenvalue weighted by Gasteiger charge is 2.16. The van der Waals surface area contributed by atoms with Crippen LogP contribution in [0.15, 0.2) is 54.6 Å². The van der Waals surface area contributed by atoms with Crippen molar-refractivity contribution in [2.45, 2.75) is 13.3 Å². The van der Waals surface area contributed by atoms with E-state index in [1.54, 1.807) is 31.3 Å². The van der Waals surface area contributed by atoms with Gasteiger partial charge >= 0.3 is 0 Å². The lowest BCUT2D eigenvalue weighted by Crippen LogP contribution is -2.24. The van der Waals surface area contributed by atoms with Crippen LogP contribution in [0.2, 0.25) is 0 Å². The molecule has 0 bridgehead atoms. The number of ether oxygens (including phenoxy) is 1. The molecule has 3 aromatic rings. The molecule has 2 aromatic carbocycles. The largest absolute Gasteiger partial charge is 0.484 e. The monoisotopic (exact) mass is 395 g/mol. The topological polar surface area (TPSA) is 80.3 Å². The standard InChI is InChI=1S/C21H21N3O3S/c1-14-20(28-19(23-14)11-15-7-4-3-5-8-15)21(26)24-16-9-6-10-17(12-16)27-13-18(25)22-2/h3-10,12H,11,13H2,1-2H3,(H,22,25)(H,24,26). The SMILES string of the molecule is CNC(=O)COc1cccc(NC(=O)c2sc(Cc3ccccc3)nc2C)c1. The van der Waals surface area contributed by atoms with Gasteiger partial charge in [0, 0.05) is 25.2 Å². The van der Waals surface area contributed by atoms with Crippen molar-refractivity contribution in [3.63, 3.8) is 0 Å². The molecule has 0 fully saturated rings. The number of benzene rings is 2.